The maximum atomic E-state index is 12.2. The largest absolute Gasteiger partial charge is 0.321 e. The van der Waals surface area contributed by atoms with Gasteiger partial charge in [-0.05, 0) is 55.2 Å². The highest BCUT2D eigenvalue weighted by Gasteiger charge is 2.24. The Morgan fingerprint density at radius 2 is 1.92 bits per heavy atom. The number of pyridine rings is 1. The lowest BCUT2D eigenvalue weighted by Gasteiger charge is -2.08. The van der Waals surface area contributed by atoms with E-state index >= 15 is 0 Å². The lowest BCUT2D eigenvalue weighted by molar-refractivity contribution is 0.102. The minimum Gasteiger partial charge on any atom is -0.321 e. The first-order valence-electron chi connectivity index (χ1n) is 7.82. The van der Waals surface area contributed by atoms with E-state index in [0.29, 0.717) is 23.7 Å². The molecule has 1 fully saturated rings. The highest BCUT2D eigenvalue weighted by Crippen LogP contribution is 2.28. The number of nitrogens with one attached hydrogen (secondary N) is 2. The maximum absolute atomic E-state index is 12.2. The van der Waals surface area contributed by atoms with E-state index in [1.54, 1.807) is 18.2 Å². The van der Waals surface area contributed by atoms with E-state index in [4.69, 9.17) is 6.42 Å². The summed E-state index contributed by atoms with van der Waals surface area (Å²) in [6.45, 7) is 0.472. The van der Waals surface area contributed by atoms with Gasteiger partial charge in [-0.15, -0.1) is 6.42 Å². The Bertz CT molecular complexity index is 910. The molecule has 3 rings (SSSR count). The molecule has 0 radical (unpaired) electrons. The van der Waals surface area contributed by atoms with Crippen molar-refractivity contribution in [3.8, 4) is 12.3 Å². The van der Waals surface area contributed by atoms with Crippen LogP contribution < -0.4 is 10.0 Å². The van der Waals surface area contributed by atoms with Crippen molar-refractivity contribution in [2.75, 3.05) is 11.9 Å². The summed E-state index contributed by atoms with van der Waals surface area (Å²) in [4.78, 5) is 16.3. The van der Waals surface area contributed by atoms with E-state index in [1.165, 1.54) is 24.4 Å². The molecular weight excluding hydrogens is 338 g/mol. The summed E-state index contributed by atoms with van der Waals surface area (Å²) in [5, 5.41) is 2.67. The van der Waals surface area contributed by atoms with Crippen LogP contribution in [0.5, 0.6) is 0 Å². The van der Waals surface area contributed by atoms with Gasteiger partial charge in [0.15, 0.2) is 0 Å². The first-order chi connectivity index (χ1) is 12.0. The molecule has 6 nitrogen and oxygen atoms in total. The van der Waals surface area contributed by atoms with Crippen LogP contribution >= 0.6 is 0 Å². The van der Waals surface area contributed by atoms with Gasteiger partial charge in [0, 0.05) is 24.0 Å². The first kappa shape index (κ1) is 17.1. The third-order valence-corrected chi connectivity index (χ3v) is 5.28. The normalized spacial score (nSPS) is 13.9. The average molecular weight is 355 g/mol. The molecule has 7 heteroatoms. The zero-order valence-electron chi connectivity index (χ0n) is 13.4. The van der Waals surface area contributed by atoms with Crippen molar-refractivity contribution in [3.63, 3.8) is 0 Å². The lowest BCUT2D eigenvalue weighted by Crippen LogP contribution is -2.25. The molecular formula is C18H17N3O3S. The molecule has 2 aromatic rings. The molecule has 0 atom stereocenters. The fourth-order valence-electron chi connectivity index (χ4n) is 2.16. The van der Waals surface area contributed by atoms with Crippen molar-refractivity contribution in [3.05, 3.63) is 53.9 Å². The van der Waals surface area contributed by atoms with E-state index in [0.717, 1.165) is 12.8 Å². The van der Waals surface area contributed by atoms with Gasteiger partial charge in [0.05, 0.1) is 4.90 Å². The SMILES string of the molecule is C#Cc1ccc(C(=O)Nc2ccc(S(=O)(=O)NCC3CC3)cc2)nc1. The number of rotatable bonds is 6. The van der Waals surface area contributed by atoms with Crippen LogP contribution in [0.15, 0.2) is 47.5 Å². The first-order valence-corrected chi connectivity index (χ1v) is 9.30. The predicted molar refractivity (Wildman–Crippen MR) is 94.5 cm³/mol. The summed E-state index contributed by atoms with van der Waals surface area (Å²) in [6.07, 6.45) is 8.83. The van der Waals surface area contributed by atoms with Crippen molar-refractivity contribution in [1.82, 2.24) is 9.71 Å². The van der Waals surface area contributed by atoms with Crippen LogP contribution in [0.25, 0.3) is 0 Å². The lowest BCUT2D eigenvalue weighted by atomic mass is 10.2. The maximum Gasteiger partial charge on any atom is 0.274 e. The van der Waals surface area contributed by atoms with Crippen LogP contribution in [-0.4, -0.2) is 25.9 Å². The molecule has 1 saturated carbocycles. The molecule has 128 valence electrons. The molecule has 1 amide bonds. The summed E-state index contributed by atoms with van der Waals surface area (Å²) >= 11 is 0. The average Bonchev–Trinajstić information content (AvgIpc) is 3.45. The molecule has 0 unspecified atom stereocenters. The van der Waals surface area contributed by atoms with Crippen LogP contribution in [0.2, 0.25) is 0 Å². The monoisotopic (exact) mass is 355 g/mol. The van der Waals surface area contributed by atoms with E-state index in [-0.39, 0.29) is 10.6 Å². The van der Waals surface area contributed by atoms with Gasteiger partial charge < -0.3 is 5.32 Å². The fraction of sp³-hybridized carbons (Fsp3) is 0.222. The number of hydrogen-bond acceptors (Lipinski definition) is 4. The van der Waals surface area contributed by atoms with Crippen LogP contribution in [0.1, 0.15) is 28.9 Å². The molecule has 1 aromatic carbocycles. The second-order valence-corrected chi connectivity index (χ2v) is 7.62. The number of carbonyl (C=O) groups is 1. The highest BCUT2D eigenvalue weighted by atomic mass is 32.2. The van der Waals surface area contributed by atoms with Gasteiger partial charge in [-0.1, -0.05) is 5.92 Å². The fourth-order valence-corrected chi connectivity index (χ4v) is 3.28. The third-order valence-electron chi connectivity index (χ3n) is 3.84. The molecule has 1 aromatic heterocycles. The Balaban J connectivity index is 1.65. The molecule has 1 heterocycles. The third kappa shape index (κ3) is 4.44. The van der Waals surface area contributed by atoms with Crippen molar-refractivity contribution >= 4 is 21.6 Å². The van der Waals surface area contributed by atoms with Gasteiger partial charge in [-0.2, -0.15) is 0 Å². The van der Waals surface area contributed by atoms with Gasteiger partial charge in [0.2, 0.25) is 10.0 Å². The van der Waals surface area contributed by atoms with E-state index in [9.17, 15) is 13.2 Å². The van der Waals surface area contributed by atoms with Crippen LogP contribution in [0, 0.1) is 18.3 Å². The standard InChI is InChI=1S/C18H17N3O3S/c1-2-13-5-10-17(19-11-13)18(22)21-15-6-8-16(9-7-15)25(23,24)20-12-14-3-4-14/h1,5-11,14,20H,3-4,12H2,(H,21,22). The molecule has 1 aliphatic carbocycles. The van der Waals surface area contributed by atoms with E-state index < -0.39 is 15.9 Å². The van der Waals surface area contributed by atoms with Gasteiger partial charge in [0.25, 0.3) is 5.91 Å². The Morgan fingerprint density at radius 1 is 1.20 bits per heavy atom. The second kappa shape index (κ2) is 7.05. The summed E-state index contributed by atoms with van der Waals surface area (Å²) in [6, 6.07) is 9.16. The van der Waals surface area contributed by atoms with Gasteiger partial charge in [-0.3, -0.25) is 4.79 Å². The second-order valence-electron chi connectivity index (χ2n) is 5.85. The number of benzene rings is 1. The predicted octanol–water partition coefficient (Wildman–Crippen LogP) is 2.00. The number of terminal acetylenes is 1. The summed E-state index contributed by atoms with van der Waals surface area (Å²) in [7, 11) is -3.51. The summed E-state index contributed by atoms with van der Waals surface area (Å²) < 4.78 is 26.9. The Labute approximate surface area is 146 Å². The minimum absolute atomic E-state index is 0.169. The minimum atomic E-state index is -3.51. The molecule has 0 spiro atoms. The van der Waals surface area contributed by atoms with Crippen LogP contribution in [0.4, 0.5) is 5.69 Å². The number of aromatic nitrogens is 1. The molecule has 0 saturated heterocycles. The van der Waals surface area contributed by atoms with E-state index in [2.05, 4.69) is 20.9 Å². The van der Waals surface area contributed by atoms with E-state index in [1.807, 2.05) is 0 Å². The van der Waals surface area contributed by atoms with Crippen molar-refractivity contribution in [2.24, 2.45) is 5.92 Å². The Hall–Kier alpha value is -2.69. The highest BCUT2D eigenvalue weighted by molar-refractivity contribution is 7.89. The quantitative estimate of drug-likeness (QED) is 0.776. The van der Waals surface area contributed by atoms with Crippen molar-refractivity contribution in [1.29, 1.82) is 0 Å². The zero-order valence-corrected chi connectivity index (χ0v) is 14.2. The Kier molecular flexibility index (Phi) is 4.83. The zero-order chi connectivity index (χ0) is 17.9. The number of amides is 1. The van der Waals surface area contributed by atoms with Crippen LogP contribution in [-0.2, 0) is 10.0 Å². The van der Waals surface area contributed by atoms with Crippen LogP contribution in [0.3, 0.4) is 0 Å². The number of anilines is 1. The number of sulfonamides is 1. The number of hydrogen-bond donors (Lipinski definition) is 2. The molecule has 25 heavy (non-hydrogen) atoms. The van der Waals surface area contributed by atoms with Gasteiger partial charge in [-0.25, -0.2) is 18.1 Å². The Morgan fingerprint density at radius 3 is 2.48 bits per heavy atom. The summed E-state index contributed by atoms with van der Waals surface area (Å²) in [5.74, 6) is 2.49. The van der Waals surface area contributed by atoms with Gasteiger partial charge >= 0.3 is 0 Å². The molecule has 2 N–H and O–H groups in total. The number of nitrogens with zero attached hydrogens (tertiary/aromatic N) is 1. The van der Waals surface area contributed by atoms with Crippen molar-refractivity contribution < 1.29 is 13.2 Å². The molecule has 0 aliphatic heterocycles. The van der Waals surface area contributed by atoms with Gasteiger partial charge in [0.1, 0.15) is 5.69 Å². The smallest absolute Gasteiger partial charge is 0.274 e. The molecule has 1 aliphatic rings. The topological polar surface area (TPSA) is 88.2 Å². The summed E-state index contributed by atoms with van der Waals surface area (Å²) in [5.41, 5.74) is 1.29. The molecule has 0 bridgehead atoms. The number of carbonyl (C=O) groups excluding carboxylic acids is 1. The van der Waals surface area contributed by atoms with Crippen molar-refractivity contribution in [2.45, 2.75) is 17.7 Å².